The van der Waals surface area contributed by atoms with Crippen LogP contribution in [0.5, 0.6) is 5.75 Å². The molecule has 1 fully saturated rings. The lowest BCUT2D eigenvalue weighted by molar-refractivity contribution is -0.129. The molecule has 1 aromatic carbocycles. The van der Waals surface area contributed by atoms with Crippen LogP contribution in [-0.4, -0.2) is 25.6 Å². The summed E-state index contributed by atoms with van der Waals surface area (Å²) in [5.41, 5.74) is 0.106. The fourth-order valence-corrected chi connectivity index (χ4v) is 2.26. The van der Waals surface area contributed by atoms with Crippen molar-refractivity contribution in [1.29, 1.82) is 0 Å². The van der Waals surface area contributed by atoms with Crippen molar-refractivity contribution in [2.75, 3.05) is 13.1 Å². The molecule has 0 aromatic heterocycles. The maximum absolute atomic E-state index is 12.3. The predicted octanol–water partition coefficient (Wildman–Crippen LogP) is 1.90. The van der Waals surface area contributed by atoms with Crippen molar-refractivity contribution in [3.8, 4) is 5.75 Å². The highest BCUT2D eigenvalue weighted by molar-refractivity contribution is 5.82. The van der Waals surface area contributed by atoms with Gasteiger partial charge in [0.2, 0.25) is 5.91 Å². The van der Waals surface area contributed by atoms with Gasteiger partial charge in [0, 0.05) is 18.7 Å². The molecule has 1 saturated heterocycles. The van der Waals surface area contributed by atoms with Gasteiger partial charge in [-0.05, 0) is 26.0 Å². The molecule has 1 amide bonds. The fourth-order valence-electron chi connectivity index (χ4n) is 2.26. The van der Waals surface area contributed by atoms with Crippen LogP contribution in [0, 0.1) is 5.41 Å². The van der Waals surface area contributed by atoms with Gasteiger partial charge in [-0.25, -0.2) is 0 Å². The number of benzene rings is 1. The lowest BCUT2D eigenvalue weighted by Crippen LogP contribution is -2.40. The van der Waals surface area contributed by atoms with Gasteiger partial charge in [0.15, 0.2) is 0 Å². The molecule has 2 N–H and O–H groups in total. The van der Waals surface area contributed by atoms with E-state index in [-0.39, 0.29) is 18.2 Å². The molecule has 110 valence electrons. The molecule has 1 aliphatic heterocycles. The molecule has 0 radical (unpaired) electrons. The third-order valence-corrected chi connectivity index (χ3v) is 3.54. The quantitative estimate of drug-likeness (QED) is 0.868. The average Bonchev–Trinajstić information content (AvgIpc) is 2.85. The minimum absolute atomic E-state index is 0.0747. The first-order chi connectivity index (χ1) is 9.51. The highest BCUT2D eigenvalue weighted by atomic mass is 19.3. The summed E-state index contributed by atoms with van der Waals surface area (Å²) < 4.78 is 29.0. The normalized spacial score (nSPS) is 22.0. The smallest absolute Gasteiger partial charge is 0.387 e. The summed E-state index contributed by atoms with van der Waals surface area (Å²) >= 11 is 0. The Morgan fingerprint density at radius 1 is 1.50 bits per heavy atom. The Bertz CT molecular complexity index is 474. The van der Waals surface area contributed by atoms with E-state index in [1.54, 1.807) is 18.2 Å². The Kier molecular flexibility index (Phi) is 4.54. The predicted molar refractivity (Wildman–Crippen MR) is 70.5 cm³/mol. The van der Waals surface area contributed by atoms with E-state index < -0.39 is 12.0 Å². The summed E-state index contributed by atoms with van der Waals surface area (Å²) in [6.07, 6.45) is 0.772. The lowest BCUT2D eigenvalue weighted by Gasteiger charge is -2.22. The third kappa shape index (κ3) is 3.45. The van der Waals surface area contributed by atoms with E-state index >= 15 is 0 Å². The van der Waals surface area contributed by atoms with Gasteiger partial charge in [-0.1, -0.05) is 18.2 Å². The van der Waals surface area contributed by atoms with Crippen LogP contribution in [0.3, 0.4) is 0 Å². The largest absolute Gasteiger partial charge is 0.434 e. The molecule has 1 aliphatic rings. The molecule has 0 bridgehead atoms. The number of carbonyl (C=O) groups excluding carboxylic acids is 1. The van der Waals surface area contributed by atoms with E-state index in [2.05, 4.69) is 15.4 Å². The van der Waals surface area contributed by atoms with Gasteiger partial charge in [0.25, 0.3) is 0 Å². The SMILES string of the molecule is CC1(C(=O)NCc2ccccc2OC(F)F)CCNC1. The summed E-state index contributed by atoms with van der Waals surface area (Å²) in [7, 11) is 0. The molecule has 6 heteroatoms. The summed E-state index contributed by atoms with van der Waals surface area (Å²) in [6.45, 7) is 0.646. The van der Waals surface area contributed by atoms with E-state index in [0.29, 0.717) is 12.1 Å². The number of ether oxygens (including phenoxy) is 1. The van der Waals surface area contributed by atoms with Gasteiger partial charge in [-0.2, -0.15) is 8.78 Å². The van der Waals surface area contributed by atoms with Crippen molar-refractivity contribution in [1.82, 2.24) is 10.6 Å². The fraction of sp³-hybridized carbons (Fsp3) is 0.500. The summed E-state index contributed by atoms with van der Waals surface area (Å²) in [6, 6.07) is 6.46. The molecule has 0 aliphatic carbocycles. The zero-order valence-corrected chi connectivity index (χ0v) is 11.3. The first-order valence-electron chi connectivity index (χ1n) is 6.53. The van der Waals surface area contributed by atoms with Gasteiger partial charge in [0.05, 0.1) is 5.41 Å². The second-order valence-electron chi connectivity index (χ2n) is 5.16. The number of hydrogen-bond acceptors (Lipinski definition) is 3. The number of rotatable bonds is 5. The Balaban J connectivity index is 1.98. The van der Waals surface area contributed by atoms with Crippen LogP contribution in [0.1, 0.15) is 18.9 Å². The minimum atomic E-state index is -2.87. The highest BCUT2D eigenvalue weighted by Gasteiger charge is 2.36. The third-order valence-electron chi connectivity index (χ3n) is 3.54. The van der Waals surface area contributed by atoms with Crippen LogP contribution >= 0.6 is 0 Å². The van der Waals surface area contributed by atoms with Crippen LogP contribution in [0.2, 0.25) is 0 Å². The number of alkyl halides is 2. The monoisotopic (exact) mass is 284 g/mol. The summed E-state index contributed by atoms with van der Waals surface area (Å²) in [5.74, 6) is 0.0202. The van der Waals surface area contributed by atoms with E-state index in [0.717, 1.165) is 13.0 Å². The number of para-hydroxylation sites is 1. The zero-order valence-electron chi connectivity index (χ0n) is 11.3. The van der Waals surface area contributed by atoms with E-state index in [9.17, 15) is 13.6 Å². The molecule has 0 saturated carbocycles. The van der Waals surface area contributed by atoms with Gasteiger partial charge >= 0.3 is 6.61 Å². The van der Waals surface area contributed by atoms with Crippen LogP contribution < -0.4 is 15.4 Å². The Hall–Kier alpha value is -1.69. The summed E-state index contributed by atoms with van der Waals surface area (Å²) in [4.78, 5) is 12.1. The van der Waals surface area contributed by atoms with Gasteiger partial charge in [0.1, 0.15) is 5.75 Å². The van der Waals surface area contributed by atoms with E-state index in [1.807, 2.05) is 6.92 Å². The van der Waals surface area contributed by atoms with Gasteiger partial charge < -0.3 is 15.4 Å². The van der Waals surface area contributed by atoms with Crippen LogP contribution in [0.4, 0.5) is 8.78 Å². The second-order valence-corrected chi connectivity index (χ2v) is 5.16. The Labute approximate surface area is 116 Å². The van der Waals surface area contributed by atoms with Crippen molar-refractivity contribution >= 4 is 5.91 Å². The van der Waals surface area contributed by atoms with Crippen LogP contribution in [0.15, 0.2) is 24.3 Å². The molecule has 0 spiro atoms. The zero-order chi connectivity index (χ0) is 14.6. The van der Waals surface area contributed by atoms with Crippen molar-refractivity contribution < 1.29 is 18.3 Å². The number of halogens is 2. The molecular formula is C14H18F2N2O2. The Morgan fingerprint density at radius 2 is 2.25 bits per heavy atom. The molecule has 2 rings (SSSR count). The number of amides is 1. The number of hydrogen-bond donors (Lipinski definition) is 2. The van der Waals surface area contributed by atoms with Crippen LogP contribution in [0.25, 0.3) is 0 Å². The van der Waals surface area contributed by atoms with Crippen molar-refractivity contribution in [2.24, 2.45) is 5.41 Å². The van der Waals surface area contributed by atoms with E-state index in [4.69, 9.17) is 0 Å². The molecule has 1 heterocycles. The van der Waals surface area contributed by atoms with Crippen molar-refractivity contribution in [2.45, 2.75) is 26.5 Å². The van der Waals surface area contributed by atoms with Gasteiger partial charge in [-0.3, -0.25) is 4.79 Å². The number of carbonyl (C=O) groups is 1. The molecular weight excluding hydrogens is 266 g/mol. The van der Waals surface area contributed by atoms with Crippen molar-refractivity contribution in [3.05, 3.63) is 29.8 Å². The highest BCUT2D eigenvalue weighted by Crippen LogP contribution is 2.25. The molecule has 4 nitrogen and oxygen atoms in total. The minimum Gasteiger partial charge on any atom is -0.434 e. The standard InChI is InChI=1S/C14H18F2N2O2/c1-14(6-7-17-9-14)12(19)18-8-10-4-2-3-5-11(10)20-13(15)16/h2-5,13,17H,6-9H2,1H3,(H,18,19). The maximum Gasteiger partial charge on any atom is 0.387 e. The topological polar surface area (TPSA) is 50.4 Å². The second kappa shape index (κ2) is 6.17. The maximum atomic E-state index is 12.3. The summed E-state index contributed by atoms with van der Waals surface area (Å²) in [5, 5.41) is 5.94. The van der Waals surface area contributed by atoms with Gasteiger partial charge in [-0.15, -0.1) is 0 Å². The average molecular weight is 284 g/mol. The first-order valence-corrected chi connectivity index (χ1v) is 6.53. The molecule has 1 atom stereocenters. The van der Waals surface area contributed by atoms with Crippen LogP contribution in [-0.2, 0) is 11.3 Å². The Morgan fingerprint density at radius 3 is 2.90 bits per heavy atom. The molecule has 1 unspecified atom stereocenters. The number of nitrogens with one attached hydrogen (secondary N) is 2. The van der Waals surface area contributed by atoms with Crippen molar-refractivity contribution in [3.63, 3.8) is 0 Å². The van der Waals surface area contributed by atoms with E-state index in [1.165, 1.54) is 6.07 Å². The first kappa shape index (κ1) is 14.7. The molecule has 20 heavy (non-hydrogen) atoms. The lowest BCUT2D eigenvalue weighted by atomic mass is 9.89. The molecule has 1 aromatic rings.